The predicted octanol–water partition coefficient (Wildman–Crippen LogP) is 3.32. The summed E-state index contributed by atoms with van der Waals surface area (Å²) in [6.45, 7) is 0. The Balaban J connectivity index is 1.78. The van der Waals surface area contributed by atoms with Crippen LogP contribution in [-0.2, 0) is 10.9 Å². The highest BCUT2D eigenvalue weighted by Crippen LogP contribution is 2.48. The molecule has 0 amide bonds. The molecule has 4 unspecified atom stereocenters. The fraction of sp³-hybridized carbons (Fsp3) is 0.318. The summed E-state index contributed by atoms with van der Waals surface area (Å²) in [6.07, 6.45) is -5.06. The molecule has 0 aliphatic carbocycles. The SMILES string of the molecule is COc1ccc(C2NNC3OC(N)=C(C#N)C(c4ccc(C(F)(F)F)cc4)C32)cc1OC. The number of ether oxygens (including phenoxy) is 3. The second kappa shape index (κ2) is 8.26. The molecule has 4 rings (SSSR count). The highest BCUT2D eigenvalue weighted by atomic mass is 19.4. The molecule has 0 saturated carbocycles. The van der Waals surface area contributed by atoms with Gasteiger partial charge in [-0.05, 0) is 35.4 Å². The third-order valence-electron chi connectivity index (χ3n) is 5.82. The first-order valence-electron chi connectivity index (χ1n) is 9.75. The minimum Gasteiger partial charge on any atom is -0.493 e. The van der Waals surface area contributed by atoms with Crippen LogP contribution in [0.25, 0.3) is 0 Å². The molecule has 7 nitrogen and oxygen atoms in total. The van der Waals surface area contributed by atoms with E-state index in [0.29, 0.717) is 17.1 Å². The number of hydrogen-bond acceptors (Lipinski definition) is 7. The van der Waals surface area contributed by atoms with Crippen LogP contribution in [0.2, 0.25) is 0 Å². The van der Waals surface area contributed by atoms with E-state index in [1.807, 2.05) is 6.07 Å². The number of halogens is 3. The Morgan fingerprint density at radius 2 is 1.66 bits per heavy atom. The molecule has 32 heavy (non-hydrogen) atoms. The minimum absolute atomic E-state index is 0.0547. The van der Waals surface area contributed by atoms with Crippen molar-refractivity contribution in [2.45, 2.75) is 24.4 Å². The summed E-state index contributed by atoms with van der Waals surface area (Å²) in [5, 5.41) is 9.78. The van der Waals surface area contributed by atoms with Crippen molar-refractivity contribution in [1.82, 2.24) is 10.9 Å². The molecule has 2 aliphatic rings. The van der Waals surface area contributed by atoms with E-state index in [-0.39, 0.29) is 23.4 Å². The lowest BCUT2D eigenvalue weighted by atomic mass is 9.74. The van der Waals surface area contributed by atoms with E-state index in [9.17, 15) is 18.4 Å². The van der Waals surface area contributed by atoms with Gasteiger partial charge < -0.3 is 19.9 Å². The number of fused-ring (bicyclic) bond motifs is 1. The maximum Gasteiger partial charge on any atom is 0.416 e. The number of methoxy groups -OCH3 is 2. The average molecular weight is 446 g/mol. The number of hydrazine groups is 1. The quantitative estimate of drug-likeness (QED) is 0.662. The highest BCUT2D eigenvalue weighted by molar-refractivity contribution is 5.47. The number of hydrogen-bond donors (Lipinski definition) is 3. The van der Waals surface area contributed by atoms with E-state index in [2.05, 4.69) is 16.9 Å². The lowest BCUT2D eigenvalue weighted by Crippen LogP contribution is -2.41. The number of benzene rings is 2. The van der Waals surface area contributed by atoms with E-state index in [1.165, 1.54) is 26.4 Å². The van der Waals surface area contributed by atoms with Crippen LogP contribution in [0.5, 0.6) is 11.5 Å². The first kappa shape index (κ1) is 21.8. The molecular formula is C22H21F3N4O3. The van der Waals surface area contributed by atoms with Crippen molar-refractivity contribution in [3.05, 3.63) is 70.6 Å². The summed E-state index contributed by atoms with van der Waals surface area (Å²) in [5.74, 6) is 0.0442. The number of alkyl halides is 3. The number of nitrogens with zero attached hydrogens (tertiary/aromatic N) is 1. The Bertz CT molecular complexity index is 1080. The molecule has 4 atom stereocenters. The first-order valence-corrected chi connectivity index (χ1v) is 9.75. The Labute approximate surface area is 182 Å². The summed E-state index contributed by atoms with van der Waals surface area (Å²) < 4.78 is 55.6. The lowest BCUT2D eigenvalue weighted by Gasteiger charge is -2.36. The third-order valence-corrected chi connectivity index (χ3v) is 5.82. The van der Waals surface area contributed by atoms with E-state index in [4.69, 9.17) is 19.9 Å². The van der Waals surface area contributed by atoms with E-state index < -0.39 is 23.9 Å². The van der Waals surface area contributed by atoms with Gasteiger partial charge in [-0.2, -0.15) is 18.4 Å². The molecule has 1 fully saturated rings. The van der Waals surface area contributed by atoms with Crippen LogP contribution in [-0.4, -0.2) is 20.4 Å². The van der Waals surface area contributed by atoms with Gasteiger partial charge in [-0.15, -0.1) is 0 Å². The maximum absolute atomic E-state index is 13.1. The molecule has 2 aliphatic heterocycles. The number of nitrogens with one attached hydrogen (secondary N) is 2. The van der Waals surface area contributed by atoms with Crippen LogP contribution in [0.4, 0.5) is 13.2 Å². The molecule has 1 saturated heterocycles. The Morgan fingerprint density at radius 3 is 2.25 bits per heavy atom. The summed E-state index contributed by atoms with van der Waals surface area (Å²) in [7, 11) is 3.06. The average Bonchev–Trinajstić information content (AvgIpc) is 3.20. The summed E-state index contributed by atoms with van der Waals surface area (Å²) in [5.41, 5.74) is 12.9. The topological polar surface area (TPSA) is 102 Å². The molecule has 2 aromatic carbocycles. The monoisotopic (exact) mass is 446 g/mol. The fourth-order valence-electron chi connectivity index (χ4n) is 4.31. The second-order valence-electron chi connectivity index (χ2n) is 7.48. The number of nitrogens with two attached hydrogens (primary N) is 1. The summed E-state index contributed by atoms with van der Waals surface area (Å²) in [4.78, 5) is 0. The zero-order chi connectivity index (χ0) is 23.0. The van der Waals surface area contributed by atoms with Crippen molar-refractivity contribution in [1.29, 1.82) is 5.26 Å². The predicted molar refractivity (Wildman–Crippen MR) is 108 cm³/mol. The second-order valence-corrected chi connectivity index (χ2v) is 7.48. The van der Waals surface area contributed by atoms with Gasteiger partial charge in [-0.3, -0.25) is 0 Å². The number of rotatable bonds is 4. The van der Waals surface area contributed by atoms with Gasteiger partial charge >= 0.3 is 6.18 Å². The van der Waals surface area contributed by atoms with E-state index >= 15 is 0 Å². The smallest absolute Gasteiger partial charge is 0.416 e. The van der Waals surface area contributed by atoms with Crippen molar-refractivity contribution in [3.8, 4) is 17.6 Å². The van der Waals surface area contributed by atoms with Crippen LogP contribution < -0.4 is 26.1 Å². The zero-order valence-corrected chi connectivity index (χ0v) is 17.2. The summed E-state index contributed by atoms with van der Waals surface area (Å²) >= 11 is 0. The van der Waals surface area contributed by atoms with Gasteiger partial charge in [0, 0.05) is 11.8 Å². The standard InChI is InChI=1S/C22H21F3N4O3/c1-30-15-8-5-12(9-16(15)31-2)19-18-17(11-3-6-13(7-4-11)22(23,24)25)14(10-26)20(27)32-21(18)29-28-19/h3-9,17-19,21,28-29H,27H2,1-2H3. The van der Waals surface area contributed by atoms with Gasteiger partial charge in [0.1, 0.15) is 6.07 Å². The molecule has 0 radical (unpaired) electrons. The Hall–Kier alpha value is -3.42. The zero-order valence-electron chi connectivity index (χ0n) is 17.2. The van der Waals surface area contributed by atoms with E-state index in [0.717, 1.165) is 17.7 Å². The van der Waals surface area contributed by atoms with Crippen LogP contribution >= 0.6 is 0 Å². The highest BCUT2D eigenvalue weighted by Gasteiger charge is 2.49. The molecule has 4 N–H and O–H groups in total. The van der Waals surface area contributed by atoms with E-state index in [1.54, 1.807) is 12.1 Å². The van der Waals surface area contributed by atoms with Gasteiger partial charge in [0.25, 0.3) is 0 Å². The normalized spacial score (nSPS) is 25.0. The van der Waals surface area contributed by atoms with Crippen LogP contribution in [0.3, 0.4) is 0 Å². The Kier molecular flexibility index (Phi) is 5.62. The Morgan fingerprint density at radius 1 is 1.00 bits per heavy atom. The molecule has 0 spiro atoms. The molecule has 0 aromatic heterocycles. The van der Waals surface area contributed by atoms with Gasteiger partial charge in [0.2, 0.25) is 5.88 Å². The van der Waals surface area contributed by atoms with Gasteiger partial charge in [-0.25, -0.2) is 10.9 Å². The van der Waals surface area contributed by atoms with Crippen LogP contribution in [0.1, 0.15) is 28.7 Å². The largest absolute Gasteiger partial charge is 0.493 e. The number of allylic oxidation sites excluding steroid dienone is 1. The fourth-order valence-corrected chi connectivity index (χ4v) is 4.31. The molecule has 2 heterocycles. The molecule has 2 aromatic rings. The minimum atomic E-state index is -4.46. The van der Waals surface area contributed by atoms with Gasteiger partial charge in [-0.1, -0.05) is 18.2 Å². The van der Waals surface area contributed by atoms with Gasteiger partial charge in [0.15, 0.2) is 17.7 Å². The van der Waals surface area contributed by atoms with Crippen molar-refractivity contribution in [2.24, 2.45) is 11.7 Å². The first-order chi connectivity index (χ1) is 15.3. The van der Waals surface area contributed by atoms with Crippen molar-refractivity contribution >= 4 is 0 Å². The number of nitriles is 1. The molecule has 168 valence electrons. The van der Waals surface area contributed by atoms with Crippen molar-refractivity contribution in [3.63, 3.8) is 0 Å². The maximum atomic E-state index is 13.1. The molecule has 0 bridgehead atoms. The molecular weight excluding hydrogens is 425 g/mol. The van der Waals surface area contributed by atoms with Crippen LogP contribution in [0, 0.1) is 17.2 Å². The summed E-state index contributed by atoms with van der Waals surface area (Å²) in [6, 6.07) is 11.9. The van der Waals surface area contributed by atoms with Gasteiger partial charge in [0.05, 0.1) is 31.4 Å². The van der Waals surface area contributed by atoms with Crippen molar-refractivity contribution < 1.29 is 27.4 Å². The lowest BCUT2D eigenvalue weighted by molar-refractivity contribution is -0.137. The van der Waals surface area contributed by atoms with Crippen molar-refractivity contribution in [2.75, 3.05) is 14.2 Å². The van der Waals surface area contributed by atoms with Crippen LogP contribution in [0.15, 0.2) is 53.9 Å². The third kappa shape index (κ3) is 3.70. The molecule has 10 heteroatoms.